The van der Waals surface area contributed by atoms with Crippen molar-refractivity contribution in [2.75, 3.05) is 18.0 Å². The second kappa shape index (κ2) is 6.34. The normalized spacial score (nSPS) is 10.6. The molecule has 0 spiro atoms. The lowest BCUT2D eigenvalue weighted by Crippen LogP contribution is -2.31. The fourth-order valence-corrected chi connectivity index (χ4v) is 2.17. The van der Waals surface area contributed by atoms with Gasteiger partial charge in [-0.2, -0.15) is 5.10 Å². The molecule has 2 heterocycles. The highest BCUT2D eigenvalue weighted by atomic mass is 16.4. The van der Waals surface area contributed by atoms with Crippen LogP contribution in [0.25, 0.3) is 5.82 Å². The molecule has 7 heteroatoms. The Balaban J connectivity index is 2.35. The van der Waals surface area contributed by atoms with Gasteiger partial charge in [-0.25, -0.2) is 9.67 Å². The standard InChI is InChI=1S/C14H19N5O2/c1-4-5-18(9-14(20)21)12-7-15-8-13(16-12)19-11(3)6-10(2)17-19/h6-8H,4-5,9H2,1-3H3,(H,20,21). The van der Waals surface area contributed by atoms with Crippen molar-refractivity contribution >= 4 is 11.8 Å². The van der Waals surface area contributed by atoms with Crippen LogP contribution in [-0.4, -0.2) is 43.9 Å². The average Bonchev–Trinajstić information content (AvgIpc) is 2.77. The molecular formula is C14H19N5O2. The van der Waals surface area contributed by atoms with Crippen molar-refractivity contribution in [1.82, 2.24) is 19.7 Å². The first-order valence-electron chi connectivity index (χ1n) is 6.83. The van der Waals surface area contributed by atoms with Gasteiger partial charge in [-0.05, 0) is 26.3 Å². The minimum Gasteiger partial charge on any atom is -0.480 e. The third kappa shape index (κ3) is 3.56. The van der Waals surface area contributed by atoms with E-state index < -0.39 is 5.97 Å². The lowest BCUT2D eigenvalue weighted by atomic mass is 10.4. The fourth-order valence-electron chi connectivity index (χ4n) is 2.17. The Kier molecular flexibility index (Phi) is 4.52. The van der Waals surface area contributed by atoms with Gasteiger partial charge in [0.2, 0.25) is 0 Å². The smallest absolute Gasteiger partial charge is 0.323 e. The first-order chi connectivity index (χ1) is 10.0. The molecule has 0 aromatic carbocycles. The van der Waals surface area contributed by atoms with E-state index >= 15 is 0 Å². The summed E-state index contributed by atoms with van der Waals surface area (Å²) in [6.07, 6.45) is 4.03. The molecule has 0 saturated carbocycles. The molecule has 0 aliphatic heterocycles. The van der Waals surface area contributed by atoms with Gasteiger partial charge in [0, 0.05) is 12.2 Å². The Morgan fingerprint density at radius 1 is 1.38 bits per heavy atom. The molecule has 21 heavy (non-hydrogen) atoms. The Morgan fingerprint density at radius 2 is 2.14 bits per heavy atom. The van der Waals surface area contributed by atoms with Gasteiger partial charge in [0.15, 0.2) is 5.82 Å². The van der Waals surface area contributed by atoms with Gasteiger partial charge in [0.1, 0.15) is 12.4 Å². The molecule has 2 aromatic rings. The highest BCUT2D eigenvalue weighted by molar-refractivity contribution is 5.73. The van der Waals surface area contributed by atoms with Gasteiger partial charge < -0.3 is 10.0 Å². The molecule has 112 valence electrons. The molecular weight excluding hydrogens is 270 g/mol. The van der Waals surface area contributed by atoms with Gasteiger partial charge in [-0.1, -0.05) is 6.92 Å². The molecule has 0 bridgehead atoms. The predicted molar refractivity (Wildman–Crippen MR) is 78.8 cm³/mol. The molecule has 0 atom stereocenters. The second-order valence-corrected chi connectivity index (χ2v) is 4.89. The summed E-state index contributed by atoms with van der Waals surface area (Å²) in [7, 11) is 0. The van der Waals surface area contributed by atoms with Gasteiger partial charge >= 0.3 is 5.97 Å². The van der Waals surface area contributed by atoms with E-state index in [2.05, 4.69) is 15.1 Å². The van der Waals surface area contributed by atoms with E-state index in [0.717, 1.165) is 17.8 Å². The van der Waals surface area contributed by atoms with Crippen molar-refractivity contribution < 1.29 is 9.90 Å². The lowest BCUT2D eigenvalue weighted by Gasteiger charge is -2.21. The summed E-state index contributed by atoms with van der Waals surface area (Å²) in [4.78, 5) is 21.3. The van der Waals surface area contributed by atoms with E-state index in [4.69, 9.17) is 5.11 Å². The fraction of sp³-hybridized carbons (Fsp3) is 0.429. The summed E-state index contributed by atoms with van der Waals surface area (Å²) in [5.74, 6) is 0.246. The maximum absolute atomic E-state index is 11.0. The highest BCUT2D eigenvalue weighted by Gasteiger charge is 2.13. The maximum atomic E-state index is 11.0. The predicted octanol–water partition coefficient (Wildman–Crippen LogP) is 1.58. The first-order valence-corrected chi connectivity index (χ1v) is 6.83. The Hall–Kier alpha value is -2.44. The van der Waals surface area contributed by atoms with Crippen molar-refractivity contribution in [3.05, 3.63) is 29.8 Å². The third-order valence-corrected chi connectivity index (χ3v) is 2.98. The number of hydrogen-bond donors (Lipinski definition) is 1. The van der Waals surface area contributed by atoms with Gasteiger partial charge in [0.05, 0.1) is 18.1 Å². The summed E-state index contributed by atoms with van der Waals surface area (Å²) in [6.45, 7) is 6.36. The molecule has 0 aliphatic carbocycles. The largest absolute Gasteiger partial charge is 0.480 e. The van der Waals surface area contributed by atoms with E-state index in [9.17, 15) is 4.79 Å². The van der Waals surface area contributed by atoms with Crippen LogP contribution in [0.1, 0.15) is 24.7 Å². The topological polar surface area (TPSA) is 84.1 Å². The molecule has 1 N–H and O–H groups in total. The van der Waals surface area contributed by atoms with Gasteiger partial charge in [-0.15, -0.1) is 0 Å². The summed E-state index contributed by atoms with van der Waals surface area (Å²) in [6, 6.07) is 1.95. The van der Waals surface area contributed by atoms with Crippen molar-refractivity contribution in [1.29, 1.82) is 0 Å². The van der Waals surface area contributed by atoms with Crippen molar-refractivity contribution in [3.63, 3.8) is 0 Å². The van der Waals surface area contributed by atoms with Gasteiger partial charge in [-0.3, -0.25) is 9.78 Å². The molecule has 2 aromatic heterocycles. The number of carboxylic acids is 1. The summed E-state index contributed by atoms with van der Waals surface area (Å²) < 4.78 is 1.71. The second-order valence-electron chi connectivity index (χ2n) is 4.89. The third-order valence-electron chi connectivity index (χ3n) is 2.98. The quantitative estimate of drug-likeness (QED) is 0.869. The number of carboxylic acid groups (broad SMARTS) is 1. The number of aromatic nitrogens is 4. The van der Waals surface area contributed by atoms with E-state index in [1.807, 2.05) is 26.8 Å². The number of hydrogen-bond acceptors (Lipinski definition) is 5. The average molecular weight is 289 g/mol. The molecule has 0 aliphatic rings. The Morgan fingerprint density at radius 3 is 2.71 bits per heavy atom. The van der Waals surface area contributed by atoms with Crippen LogP contribution in [0.15, 0.2) is 18.5 Å². The van der Waals surface area contributed by atoms with Crippen LogP contribution < -0.4 is 4.90 Å². The number of nitrogens with zero attached hydrogens (tertiary/aromatic N) is 5. The number of aliphatic carboxylic acids is 1. The van der Waals surface area contributed by atoms with Crippen molar-refractivity contribution in [2.45, 2.75) is 27.2 Å². The number of rotatable bonds is 6. The summed E-state index contributed by atoms with van der Waals surface area (Å²) >= 11 is 0. The number of carbonyl (C=O) groups is 1. The number of aryl methyl sites for hydroxylation is 2. The van der Waals surface area contributed by atoms with Crippen LogP contribution in [0, 0.1) is 13.8 Å². The summed E-state index contributed by atoms with van der Waals surface area (Å²) in [5, 5.41) is 13.4. The molecule has 0 fully saturated rings. The lowest BCUT2D eigenvalue weighted by molar-refractivity contribution is -0.135. The van der Waals surface area contributed by atoms with E-state index in [1.54, 1.807) is 22.0 Å². The minimum absolute atomic E-state index is 0.0942. The molecule has 0 amide bonds. The Labute approximate surface area is 123 Å². The van der Waals surface area contributed by atoms with Gasteiger partial charge in [0.25, 0.3) is 0 Å². The highest BCUT2D eigenvalue weighted by Crippen LogP contribution is 2.14. The van der Waals surface area contributed by atoms with Crippen molar-refractivity contribution in [3.8, 4) is 5.82 Å². The van der Waals surface area contributed by atoms with E-state index in [-0.39, 0.29) is 6.54 Å². The van der Waals surface area contributed by atoms with Crippen LogP contribution in [0.5, 0.6) is 0 Å². The number of anilines is 1. The van der Waals surface area contributed by atoms with Crippen molar-refractivity contribution in [2.24, 2.45) is 0 Å². The van der Waals surface area contributed by atoms with Crippen LogP contribution in [0.2, 0.25) is 0 Å². The minimum atomic E-state index is -0.887. The van der Waals surface area contributed by atoms with Crippen LogP contribution in [0.3, 0.4) is 0 Å². The maximum Gasteiger partial charge on any atom is 0.323 e. The van der Waals surface area contributed by atoms with Crippen LogP contribution >= 0.6 is 0 Å². The van der Waals surface area contributed by atoms with Crippen LogP contribution in [0.4, 0.5) is 5.82 Å². The monoisotopic (exact) mass is 289 g/mol. The van der Waals surface area contributed by atoms with E-state index in [0.29, 0.717) is 18.2 Å². The molecule has 0 radical (unpaired) electrons. The van der Waals surface area contributed by atoms with E-state index in [1.165, 1.54) is 0 Å². The molecule has 0 saturated heterocycles. The zero-order valence-electron chi connectivity index (χ0n) is 12.4. The first kappa shape index (κ1) is 15.0. The zero-order chi connectivity index (χ0) is 15.4. The molecule has 0 unspecified atom stereocenters. The zero-order valence-corrected chi connectivity index (χ0v) is 12.4. The SMILES string of the molecule is CCCN(CC(=O)O)c1cncc(-n2nc(C)cc2C)n1. The van der Waals surface area contributed by atoms with Crippen LogP contribution in [-0.2, 0) is 4.79 Å². The summed E-state index contributed by atoms with van der Waals surface area (Å²) in [5.41, 5.74) is 1.86. The molecule has 7 nitrogen and oxygen atoms in total. The Bertz CT molecular complexity index is 638. The molecule has 2 rings (SSSR count).